The number of anilines is 1. The van der Waals surface area contributed by atoms with Gasteiger partial charge in [-0.15, -0.1) is 0 Å². The molecule has 0 aromatic heterocycles. The number of nitrogens with two attached hydrogens (primary N) is 2. The van der Waals surface area contributed by atoms with E-state index in [9.17, 15) is 9.59 Å². The molecular formula is C10H12N2O3. The second-order valence-electron chi connectivity index (χ2n) is 2.46. The van der Waals surface area contributed by atoms with E-state index in [1.807, 2.05) is 0 Å². The van der Waals surface area contributed by atoms with Crippen LogP contribution >= 0.6 is 0 Å². The first-order chi connectivity index (χ1) is 9.78. The minimum atomic E-state index is -3.48. The number of carbonyl (C=O) groups is 2. The predicted molar refractivity (Wildman–Crippen MR) is 55.4 cm³/mol. The van der Waals surface area contributed by atoms with E-state index >= 15 is 0 Å². The lowest BCUT2D eigenvalue weighted by molar-refractivity contribution is -0.138. The molecule has 5 nitrogen and oxygen atoms in total. The first-order valence-electron chi connectivity index (χ1n) is 7.21. The van der Waals surface area contributed by atoms with Crippen molar-refractivity contribution < 1.29 is 24.3 Å². The highest BCUT2D eigenvalue weighted by atomic mass is 16.4. The number of para-hydroxylation sites is 1. The summed E-state index contributed by atoms with van der Waals surface area (Å²) >= 11 is 0. The largest absolute Gasteiger partial charge is 0.480 e. The topological polar surface area (TPSA) is 106 Å². The van der Waals surface area contributed by atoms with Crippen molar-refractivity contribution in [2.45, 2.75) is 12.4 Å². The summed E-state index contributed by atoms with van der Waals surface area (Å²) in [5.41, 5.74) is 8.75. The zero-order chi connectivity index (χ0) is 17.6. The molecule has 0 spiro atoms. The van der Waals surface area contributed by atoms with E-state index in [-0.39, 0.29) is 0 Å². The maximum atomic E-state index is 12.2. The molecule has 1 aromatic rings. The van der Waals surface area contributed by atoms with E-state index < -0.39 is 59.6 Å². The molecule has 0 aliphatic rings. The molecule has 80 valence electrons. The summed E-state index contributed by atoms with van der Waals surface area (Å²) in [5.74, 6) is -3.83. The number of carboxylic acid groups (broad SMARTS) is 1. The van der Waals surface area contributed by atoms with Gasteiger partial charge >= 0.3 is 5.97 Å². The maximum Gasteiger partial charge on any atom is 0.320 e. The Kier molecular flexibility index (Phi) is 1.45. The molecule has 0 fully saturated rings. The summed E-state index contributed by atoms with van der Waals surface area (Å²) in [4.78, 5) is 23.1. The second kappa shape index (κ2) is 4.56. The maximum absolute atomic E-state index is 12.2. The molecule has 5 heteroatoms. The standard InChI is InChI=1S/C10H12N2O3/c11-7-4-2-1-3-6(7)9(13)5-8(12)10(14)15/h1-4,8H,5,11-12H2,(H,14,15)/i1D,2D,3D,4D,5D2,8D. The van der Waals surface area contributed by atoms with Crippen LogP contribution in [-0.2, 0) is 4.79 Å². The molecule has 1 rings (SSSR count). The van der Waals surface area contributed by atoms with Crippen molar-refractivity contribution in [3.63, 3.8) is 0 Å². The van der Waals surface area contributed by atoms with Crippen LogP contribution in [0.1, 0.15) is 26.3 Å². The molecule has 0 aliphatic heterocycles. The van der Waals surface area contributed by atoms with Gasteiger partial charge in [-0.2, -0.15) is 0 Å². The third-order valence-electron chi connectivity index (χ3n) is 1.42. The second-order valence-corrected chi connectivity index (χ2v) is 2.46. The molecule has 0 bridgehead atoms. The highest BCUT2D eigenvalue weighted by Crippen LogP contribution is 2.13. The summed E-state index contributed by atoms with van der Waals surface area (Å²) in [6, 6.07) is -6.66. The zero-order valence-corrected chi connectivity index (χ0v) is 7.42. The third-order valence-corrected chi connectivity index (χ3v) is 1.42. The number of nitrogen functional groups attached to an aromatic ring is 1. The zero-order valence-electron chi connectivity index (χ0n) is 14.4. The fraction of sp³-hybridized carbons (Fsp3) is 0.200. The van der Waals surface area contributed by atoms with Crippen molar-refractivity contribution in [3.8, 4) is 0 Å². The summed E-state index contributed by atoms with van der Waals surface area (Å²) in [6.45, 7) is 0. The van der Waals surface area contributed by atoms with Gasteiger partial charge in [0.2, 0.25) is 0 Å². The Morgan fingerprint density at radius 3 is 2.80 bits per heavy atom. The van der Waals surface area contributed by atoms with Crippen LogP contribution in [0.15, 0.2) is 24.2 Å². The van der Waals surface area contributed by atoms with E-state index in [1.165, 1.54) is 0 Å². The lowest BCUT2D eigenvalue weighted by atomic mass is 10.0. The number of rotatable bonds is 4. The van der Waals surface area contributed by atoms with Crippen LogP contribution in [0.25, 0.3) is 0 Å². The molecule has 0 radical (unpaired) electrons. The first kappa shape index (κ1) is 4.76. The molecular weight excluding hydrogens is 196 g/mol. The minimum absolute atomic E-state index is 0.734. The molecule has 0 heterocycles. The average molecular weight is 215 g/mol. The van der Waals surface area contributed by atoms with Crippen LogP contribution in [0.2, 0.25) is 0 Å². The van der Waals surface area contributed by atoms with E-state index in [1.54, 1.807) is 0 Å². The van der Waals surface area contributed by atoms with Gasteiger partial charge in [-0.1, -0.05) is 12.1 Å². The third kappa shape index (κ3) is 2.78. The van der Waals surface area contributed by atoms with Gasteiger partial charge in [0.25, 0.3) is 0 Å². The molecule has 1 atom stereocenters. The van der Waals surface area contributed by atoms with Gasteiger partial charge in [-0.05, 0) is 12.1 Å². The van der Waals surface area contributed by atoms with Gasteiger partial charge in [-0.3, -0.25) is 9.59 Å². The molecule has 0 saturated heterocycles. The van der Waals surface area contributed by atoms with Crippen LogP contribution in [0.5, 0.6) is 0 Å². The SMILES string of the molecule is [2H]c1c([2H])c([2H])c(C(=O)C([2H])([2H])C([2H])(N)C(=O)O)c(N)c1[2H]. The summed E-state index contributed by atoms with van der Waals surface area (Å²) in [5, 5.41) is 8.78. The number of carboxylic acids is 1. The van der Waals surface area contributed by atoms with E-state index in [0.717, 1.165) is 0 Å². The van der Waals surface area contributed by atoms with Crippen LogP contribution in [0.4, 0.5) is 5.69 Å². The Labute approximate surface area is 96.5 Å². The van der Waals surface area contributed by atoms with Gasteiger partial charge < -0.3 is 16.6 Å². The van der Waals surface area contributed by atoms with Crippen molar-refractivity contribution in [2.75, 3.05) is 5.73 Å². The quantitative estimate of drug-likeness (QED) is 0.493. The Hall–Kier alpha value is -1.88. The monoisotopic (exact) mass is 215 g/mol. The lowest BCUT2D eigenvalue weighted by Crippen LogP contribution is -2.32. The normalized spacial score (nSPS) is 21.8. The number of ketones is 1. The molecule has 0 aliphatic carbocycles. The fourth-order valence-corrected chi connectivity index (χ4v) is 0.740. The summed E-state index contributed by atoms with van der Waals surface area (Å²) in [6.07, 6.45) is -3.48. The predicted octanol–water partition coefficient (Wildman–Crippen LogP) is 0.253. The molecule has 15 heavy (non-hydrogen) atoms. The minimum Gasteiger partial charge on any atom is -0.480 e. The molecule has 1 unspecified atom stereocenters. The van der Waals surface area contributed by atoms with E-state index in [4.69, 9.17) is 26.2 Å². The Morgan fingerprint density at radius 2 is 2.20 bits per heavy atom. The van der Waals surface area contributed by atoms with Crippen LogP contribution < -0.4 is 11.5 Å². The highest BCUT2D eigenvalue weighted by Gasteiger charge is 2.18. The number of aliphatic carboxylic acids is 1. The molecule has 5 N–H and O–H groups in total. The summed E-state index contributed by atoms with van der Waals surface area (Å²) < 4.78 is 52.2. The van der Waals surface area contributed by atoms with Crippen LogP contribution in [-0.4, -0.2) is 22.9 Å². The van der Waals surface area contributed by atoms with Crippen LogP contribution in [0.3, 0.4) is 0 Å². The van der Waals surface area contributed by atoms with Gasteiger partial charge in [-0.25, -0.2) is 0 Å². The number of benzene rings is 1. The van der Waals surface area contributed by atoms with Gasteiger partial charge in [0.1, 0.15) is 6.02 Å². The smallest absolute Gasteiger partial charge is 0.320 e. The number of Topliss-reactive ketones (excluding diaryl/α,β-unsaturated/α-hetero) is 1. The lowest BCUT2D eigenvalue weighted by Gasteiger charge is -2.07. The van der Waals surface area contributed by atoms with Gasteiger partial charge in [0.15, 0.2) is 5.78 Å². The summed E-state index contributed by atoms with van der Waals surface area (Å²) in [7, 11) is 0. The van der Waals surface area contributed by atoms with Crippen molar-refractivity contribution in [1.82, 2.24) is 0 Å². The first-order valence-corrected chi connectivity index (χ1v) is 3.71. The van der Waals surface area contributed by atoms with E-state index in [0.29, 0.717) is 0 Å². The number of hydrogen-bond acceptors (Lipinski definition) is 4. The highest BCUT2D eigenvalue weighted by molar-refractivity contribution is 6.02. The molecule has 1 aromatic carbocycles. The molecule has 0 amide bonds. The Morgan fingerprint density at radius 1 is 1.60 bits per heavy atom. The Bertz CT molecular complexity index is 646. The van der Waals surface area contributed by atoms with E-state index in [2.05, 4.69) is 0 Å². The fourth-order valence-electron chi connectivity index (χ4n) is 0.740. The van der Waals surface area contributed by atoms with Gasteiger partial charge in [0, 0.05) is 20.4 Å². The van der Waals surface area contributed by atoms with Crippen molar-refractivity contribution in [2.24, 2.45) is 5.73 Å². The van der Waals surface area contributed by atoms with Crippen molar-refractivity contribution >= 4 is 17.4 Å². The molecule has 0 saturated carbocycles. The number of hydrogen-bond donors (Lipinski definition) is 3. The van der Waals surface area contributed by atoms with Crippen molar-refractivity contribution in [3.05, 3.63) is 29.7 Å². The Balaban J connectivity index is 3.64. The van der Waals surface area contributed by atoms with Crippen LogP contribution in [0, 0.1) is 0 Å². The van der Waals surface area contributed by atoms with Gasteiger partial charge in [0.05, 0.1) is 6.85 Å². The van der Waals surface area contributed by atoms with Crippen molar-refractivity contribution in [1.29, 1.82) is 0 Å². The average Bonchev–Trinajstić information content (AvgIpc) is 2.42. The number of carbonyl (C=O) groups excluding carboxylic acids is 1.